The number of rotatable bonds is 2. The largest absolute Gasteiger partial charge is 0.416 e. The van der Waals surface area contributed by atoms with Crippen molar-refractivity contribution in [1.29, 1.82) is 0 Å². The maximum atomic E-state index is 13.0. The van der Waals surface area contributed by atoms with Gasteiger partial charge in [0.05, 0.1) is 5.56 Å². The maximum Gasteiger partial charge on any atom is 0.416 e. The lowest BCUT2D eigenvalue weighted by molar-refractivity contribution is -0.137. The van der Waals surface area contributed by atoms with Crippen LogP contribution >= 0.6 is 0 Å². The van der Waals surface area contributed by atoms with Crippen LogP contribution in [0.25, 0.3) is 0 Å². The molecule has 2 N–H and O–H groups in total. The number of halogens is 4. The third-order valence-electron chi connectivity index (χ3n) is 2.76. The molecule has 5 heteroatoms. The molecular formula is C11H11F4N. The molecule has 1 atom stereocenters. The topological polar surface area (TPSA) is 26.0 Å². The van der Waals surface area contributed by atoms with Crippen LogP contribution in [0, 0.1) is 11.7 Å². The summed E-state index contributed by atoms with van der Waals surface area (Å²) in [6.07, 6.45) is -2.72. The molecule has 1 aromatic carbocycles. The van der Waals surface area contributed by atoms with Crippen LogP contribution in [0.2, 0.25) is 0 Å². The molecule has 88 valence electrons. The molecule has 0 amide bonds. The molecule has 1 aliphatic carbocycles. The first-order valence-electron chi connectivity index (χ1n) is 5.01. The minimum absolute atomic E-state index is 0.197. The summed E-state index contributed by atoms with van der Waals surface area (Å²) in [6, 6.07) is 2.02. The van der Waals surface area contributed by atoms with E-state index in [0.717, 1.165) is 25.0 Å². The van der Waals surface area contributed by atoms with Gasteiger partial charge in [-0.25, -0.2) is 4.39 Å². The first-order chi connectivity index (χ1) is 7.38. The Bertz CT molecular complexity index is 395. The predicted octanol–water partition coefficient (Wildman–Crippen LogP) is 3.25. The number of benzene rings is 1. The average Bonchev–Trinajstić information content (AvgIpc) is 2.97. The molecule has 0 aliphatic heterocycles. The SMILES string of the molecule is N[C@H](c1cc(F)cc(C(F)(F)F)c1)C1CC1. The second-order valence-corrected chi connectivity index (χ2v) is 4.13. The lowest BCUT2D eigenvalue weighted by atomic mass is 10.0. The van der Waals surface area contributed by atoms with Crippen LogP contribution < -0.4 is 5.73 Å². The summed E-state index contributed by atoms with van der Waals surface area (Å²) in [7, 11) is 0. The van der Waals surface area contributed by atoms with Crippen molar-refractivity contribution in [2.75, 3.05) is 0 Å². The highest BCUT2D eigenvalue weighted by atomic mass is 19.4. The van der Waals surface area contributed by atoms with Gasteiger partial charge >= 0.3 is 6.18 Å². The van der Waals surface area contributed by atoms with Crippen molar-refractivity contribution in [3.8, 4) is 0 Å². The van der Waals surface area contributed by atoms with E-state index in [0.29, 0.717) is 6.07 Å². The van der Waals surface area contributed by atoms with Gasteiger partial charge in [0.15, 0.2) is 0 Å². The van der Waals surface area contributed by atoms with E-state index < -0.39 is 23.6 Å². The minimum atomic E-state index is -4.53. The first kappa shape index (κ1) is 11.4. The van der Waals surface area contributed by atoms with Gasteiger partial charge in [0.25, 0.3) is 0 Å². The van der Waals surface area contributed by atoms with Gasteiger partial charge in [-0.05, 0) is 42.5 Å². The normalized spacial score (nSPS) is 18.6. The molecule has 1 aromatic rings. The van der Waals surface area contributed by atoms with Crippen LogP contribution in [0.5, 0.6) is 0 Å². The standard InChI is InChI=1S/C11H11F4N/c12-9-4-7(10(16)6-1-2-6)3-8(5-9)11(13,14)15/h3-6,10H,1-2,16H2/t10-/m0/s1. The van der Waals surface area contributed by atoms with E-state index in [1.165, 1.54) is 0 Å². The summed E-state index contributed by atoms with van der Waals surface area (Å²) in [5, 5.41) is 0. The van der Waals surface area contributed by atoms with Gasteiger partial charge in [0, 0.05) is 6.04 Å². The predicted molar refractivity (Wildman–Crippen MR) is 51.1 cm³/mol. The Morgan fingerprint density at radius 2 is 1.81 bits per heavy atom. The summed E-state index contributed by atoms with van der Waals surface area (Å²) in [5.41, 5.74) is 5.01. The highest BCUT2D eigenvalue weighted by molar-refractivity contribution is 5.29. The van der Waals surface area contributed by atoms with Crippen LogP contribution in [-0.2, 0) is 6.18 Å². The molecule has 0 aromatic heterocycles. The zero-order valence-corrected chi connectivity index (χ0v) is 8.39. The molecule has 16 heavy (non-hydrogen) atoms. The molecule has 0 unspecified atom stereocenters. The Kier molecular flexibility index (Phi) is 2.66. The Labute approximate surface area is 90.3 Å². The maximum absolute atomic E-state index is 13.0. The fourth-order valence-electron chi connectivity index (χ4n) is 1.70. The number of hydrogen-bond donors (Lipinski definition) is 1. The zero-order valence-electron chi connectivity index (χ0n) is 8.39. The molecule has 0 radical (unpaired) electrons. The molecule has 1 fully saturated rings. The average molecular weight is 233 g/mol. The van der Waals surface area contributed by atoms with E-state index in [4.69, 9.17) is 5.73 Å². The summed E-state index contributed by atoms with van der Waals surface area (Å²) in [6.45, 7) is 0. The van der Waals surface area contributed by atoms with E-state index in [1.807, 2.05) is 0 Å². The van der Waals surface area contributed by atoms with Gasteiger partial charge in [-0.15, -0.1) is 0 Å². The van der Waals surface area contributed by atoms with Gasteiger partial charge in [-0.1, -0.05) is 0 Å². The van der Waals surface area contributed by atoms with E-state index in [-0.39, 0.29) is 11.5 Å². The van der Waals surface area contributed by atoms with E-state index in [2.05, 4.69) is 0 Å². The number of hydrogen-bond acceptors (Lipinski definition) is 1. The van der Waals surface area contributed by atoms with Gasteiger partial charge in [0.2, 0.25) is 0 Å². The zero-order chi connectivity index (χ0) is 11.9. The van der Waals surface area contributed by atoms with Gasteiger partial charge in [-0.3, -0.25) is 0 Å². The summed E-state index contributed by atoms with van der Waals surface area (Å²) < 4.78 is 50.3. The van der Waals surface area contributed by atoms with Gasteiger partial charge in [-0.2, -0.15) is 13.2 Å². The molecule has 0 bridgehead atoms. The van der Waals surface area contributed by atoms with Gasteiger partial charge in [0.1, 0.15) is 5.82 Å². The van der Waals surface area contributed by atoms with Crippen molar-refractivity contribution in [1.82, 2.24) is 0 Å². The summed E-state index contributed by atoms with van der Waals surface area (Å²) >= 11 is 0. The van der Waals surface area contributed by atoms with E-state index >= 15 is 0 Å². The van der Waals surface area contributed by atoms with Crippen molar-refractivity contribution in [2.24, 2.45) is 11.7 Å². The van der Waals surface area contributed by atoms with Crippen LogP contribution in [0.3, 0.4) is 0 Å². The molecule has 0 heterocycles. The van der Waals surface area contributed by atoms with E-state index in [1.54, 1.807) is 0 Å². The minimum Gasteiger partial charge on any atom is -0.324 e. The van der Waals surface area contributed by atoms with Crippen LogP contribution in [-0.4, -0.2) is 0 Å². The second-order valence-electron chi connectivity index (χ2n) is 4.13. The molecule has 2 rings (SSSR count). The van der Waals surface area contributed by atoms with Gasteiger partial charge < -0.3 is 5.73 Å². The molecule has 1 nitrogen and oxygen atoms in total. The first-order valence-corrected chi connectivity index (χ1v) is 5.01. The highest BCUT2D eigenvalue weighted by Crippen LogP contribution is 2.40. The molecular weight excluding hydrogens is 222 g/mol. The van der Waals surface area contributed by atoms with Crippen molar-refractivity contribution in [3.63, 3.8) is 0 Å². The lowest BCUT2D eigenvalue weighted by Gasteiger charge is -2.14. The molecule has 1 aliphatic rings. The monoisotopic (exact) mass is 233 g/mol. The molecule has 0 spiro atoms. The van der Waals surface area contributed by atoms with Crippen molar-refractivity contribution in [3.05, 3.63) is 35.1 Å². The smallest absolute Gasteiger partial charge is 0.324 e. The Morgan fingerprint density at radius 1 is 1.19 bits per heavy atom. The molecule has 1 saturated carbocycles. The van der Waals surface area contributed by atoms with Crippen molar-refractivity contribution in [2.45, 2.75) is 25.1 Å². The summed E-state index contributed by atoms with van der Waals surface area (Å²) in [5.74, 6) is -0.691. The third kappa shape index (κ3) is 2.35. The highest BCUT2D eigenvalue weighted by Gasteiger charge is 2.34. The van der Waals surface area contributed by atoms with Crippen molar-refractivity contribution >= 4 is 0 Å². The Balaban J connectivity index is 2.35. The quantitative estimate of drug-likeness (QED) is 0.779. The van der Waals surface area contributed by atoms with Crippen LogP contribution in [0.1, 0.15) is 30.0 Å². The van der Waals surface area contributed by atoms with Crippen LogP contribution in [0.15, 0.2) is 18.2 Å². The number of alkyl halides is 3. The second kappa shape index (κ2) is 3.73. The summed E-state index contributed by atoms with van der Waals surface area (Å²) in [4.78, 5) is 0. The Morgan fingerprint density at radius 3 is 2.31 bits per heavy atom. The fourth-order valence-corrected chi connectivity index (χ4v) is 1.70. The van der Waals surface area contributed by atoms with E-state index in [9.17, 15) is 17.6 Å². The van der Waals surface area contributed by atoms with Crippen molar-refractivity contribution < 1.29 is 17.6 Å². The Hall–Kier alpha value is -1.10. The molecule has 0 saturated heterocycles. The van der Waals surface area contributed by atoms with Crippen LogP contribution in [0.4, 0.5) is 17.6 Å². The lowest BCUT2D eigenvalue weighted by Crippen LogP contribution is -2.15. The third-order valence-corrected chi connectivity index (χ3v) is 2.76. The fraction of sp³-hybridized carbons (Fsp3) is 0.455. The number of nitrogens with two attached hydrogens (primary N) is 1.